The van der Waals surface area contributed by atoms with E-state index in [1.54, 1.807) is 12.1 Å². The Kier molecular flexibility index (Phi) is 9.91. The molecule has 208 valence electrons. The van der Waals surface area contributed by atoms with Crippen LogP contribution in [0.15, 0.2) is 54.6 Å². The van der Waals surface area contributed by atoms with Gasteiger partial charge >= 0.3 is 0 Å². The van der Waals surface area contributed by atoms with Gasteiger partial charge in [0.15, 0.2) is 17.4 Å². The van der Waals surface area contributed by atoms with Gasteiger partial charge in [0.2, 0.25) is 5.91 Å². The minimum atomic E-state index is -1.05. The summed E-state index contributed by atoms with van der Waals surface area (Å²) in [6.45, 7) is 0.674. The van der Waals surface area contributed by atoms with Gasteiger partial charge in [0.05, 0.1) is 12.2 Å². The van der Waals surface area contributed by atoms with Crippen molar-refractivity contribution in [3.05, 3.63) is 87.9 Å². The van der Waals surface area contributed by atoms with Crippen LogP contribution in [-0.4, -0.2) is 44.9 Å². The Morgan fingerprint density at radius 1 is 1.05 bits per heavy atom. The van der Waals surface area contributed by atoms with Gasteiger partial charge in [0, 0.05) is 47.8 Å². The van der Waals surface area contributed by atoms with Gasteiger partial charge in [-0.1, -0.05) is 48.0 Å². The van der Waals surface area contributed by atoms with Crippen molar-refractivity contribution in [2.75, 3.05) is 26.9 Å². The van der Waals surface area contributed by atoms with E-state index in [0.717, 1.165) is 42.9 Å². The van der Waals surface area contributed by atoms with E-state index in [4.69, 9.17) is 32.5 Å². The normalized spacial score (nSPS) is 18.1. The van der Waals surface area contributed by atoms with Crippen LogP contribution in [-0.2, 0) is 4.74 Å². The van der Waals surface area contributed by atoms with E-state index in [9.17, 15) is 9.18 Å². The number of nitrogens with two attached hydrogens (primary N) is 2. The molecule has 6 nitrogen and oxygen atoms in total. The molecular weight excluding hydrogens is 524 g/mol. The summed E-state index contributed by atoms with van der Waals surface area (Å²) >= 11 is 6.56. The Morgan fingerprint density at radius 3 is 2.44 bits per heavy atom. The number of hydrogen-bond acceptors (Lipinski definition) is 5. The van der Waals surface area contributed by atoms with Crippen molar-refractivity contribution < 1.29 is 23.0 Å². The van der Waals surface area contributed by atoms with Crippen LogP contribution in [0.2, 0.25) is 5.02 Å². The third kappa shape index (κ3) is 6.94. The zero-order valence-corrected chi connectivity index (χ0v) is 22.6. The second-order valence-electron chi connectivity index (χ2n) is 9.85. The van der Waals surface area contributed by atoms with E-state index in [1.165, 1.54) is 7.11 Å². The molecule has 0 aromatic heterocycles. The van der Waals surface area contributed by atoms with Gasteiger partial charge in [-0.15, -0.1) is 0 Å². The molecule has 0 bridgehead atoms. The fourth-order valence-corrected chi connectivity index (χ4v) is 5.30. The highest BCUT2D eigenvalue weighted by molar-refractivity contribution is 6.33. The third-order valence-electron chi connectivity index (χ3n) is 7.22. The maximum Gasteiger partial charge on any atom is 0.249 e. The van der Waals surface area contributed by atoms with Crippen molar-refractivity contribution in [2.45, 2.75) is 43.7 Å². The summed E-state index contributed by atoms with van der Waals surface area (Å²) < 4.78 is 40.8. The molecule has 39 heavy (non-hydrogen) atoms. The predicted molar refractivity (Wildman–Crippen MR) is 149 cm³/mol. The minimum absolute atomic E-state index is 0.0821. The number of primary amides is 1. The van der Waals surface area contributed by atoms with Crippen molar-refractivity contribution >= 4 is 17.5 Å². The Hall–Kier alpha value is -3.04. The fourth-order valence-electron chi connectivity index (χ4n) is 5.09. The lowest BCUT2D eigenvalue weighted by Gasteiger charge is -2.29. The summed E-state index contributed by atoms with van der Waals surface area (Å²) in [5, 5.41) is 3.87. The molecule has 3 aromatic carbocycles. The lowest BCUT2D eigenvalue weighted by atomic mass is 9.87. The molecule has 9 heteroatoms. The number of halogens is 3. The average Bonchev–Trinajstić information content (AvgIpc) is 2.93. The number of nitrogens with one attached hydrogen (secondary N) is 1. The number of methoxy groups -OCH3 is 1. The van der Waals surface area contributed by atoms with Crippen LogP contribution in [0.4, 0.5) is 8.78 Å². The van der Waals surface area contributed by atoms with E-state index in [0.29, 0.717) is 12.6 Å². The zero-order chi connectivity index (χ0) is 27.9. The number of ether oxygens (including phenoxy) is 2. The molecule has 3 aromatic rings. The first kappa shape index (κ1) is 29.0. The van der Waals surface area contributed by atoms with Crippen LogP contribution >= 0.6 is 11.6 Å². The monoisotopic (exact) mass is 557 g/mol. The summed E-state index contributed by atoms with van der Waals surface area (Å²) in [5.74, 6) is -3.79. The molecule has 0 aliphatic heterocycles. The molecule has 4 rings (SSSR count). The molecule has 1 unspecified atom stereocenters. The van der Waals surface area contributed by atoms with Crippen LogP contribution in [0.5, 0.6) is 5.75 Å². The van der Waals surface area contributed by atoms with E-state index in [1.807, 2.05) is 36.4 Å². The Morgan fingerprint density at radius 2 is 1.77 bits per heavy atom. The smallest absolute Gasteiger partial charge is 0.249 e. The highest BCUT2D eigenvalue weighted by Gasteiger charge is 2.27. The molecule has 1 aliphatic rings. The van der Waals surface area contributed by atoms with Crippen LogP contribution in [0.25, 0.3) is 11.1 Å². The Balaban J connectivity index is 1.76. The molecule has 0 saturated heterocycles. The summed E-state index contributed by atoms with van der Waals surface area (Å²) in [6, 6.07) is 16.7. The molecule has 1 atom stereocenters. The van der Waals surface area contributed by atoms with Crippen molar-refractivity contribution in [1.29, 1.82) is 0 Å². The minimum Gasteiger partial charge on any atom is -0.485 e. The molecule has 1 saturated carbocycles. The Labute approximate surface area is 232 Å². The van der Waals surface area contributed by atoms with E-state index in [2.05, 4.69) is 5.32 Å². The zero-order valence-electron chi connectivity index (χ0n) is 21.9. The first-order valence-electron chi connectivity index (χ1n) is 13.1. The van der Waals surface area contributed by atoms with Crippen molar-refractivity contribution in [3.63, 3.8) is 0 Å². The number of hydrogen-bond donors (Lipinski definition) is 3. The molecule has 1 fully saturated rings. The highest BCUT2D eigenvalue weighted by atomic mass is 35.5. The summed E-state index contributed by atoms with van der Waals surface area (Å²) in [4.78, 5) is 12.3. The topological polar surface area (TPSA) is 99.6 Å². The number of amides is 1. The van der Waals surface area contributed by atoms with Gasteiger partial charge in [-0.05, 0) is 55.0 Å². The molecular formula is C30H34ClF2N3O3. The van der Waals surface area contributed by atoms with E-state index in [-0.39, 0.29) is 46.9 Å². The number of carbonyl (C=O) groups is 1. The van der Waals surface area contributed by atoms with Crippen LogP contribution in [0, 0.1) is 11.6 Å². The number of benzene rings is 3. The van der Waals surface area contributed by atoms with Crippen molar-refractivity contribution in [1.82, 2.24) is 5.32 Å². The fraction of sp³-hybridized carbons (Fsp3) is 0.367. The number of carbonyl (C=O) groups excluding carboxylic acids is 1. The first-order chi connectivity index (χ1) is 18.8. The maximum absolute atomic E-state index is 15.8. The van der Waals surface area contributed by atoms with Crippen molar-refractivity contribution in [2.24, 2.45) is 11.5 Å². The Bertz CT molecular complexity index is 1280. The third-order valence-corrected chi connectivity index (χ3v) is 7.55. The number of rotatable bonds is 11. The largest absolute Gasteiger partial charge is 0.485 e. The lowest BCUT2D eigenvalue weighted by molar-refractivity contribution is 0.0999. The predicted octanol–water partition coefficient (Wildman–Crippen LogP) is 5.40. The standard InChI is InChI=1S/C30H34ClF2N3O3/c1-38-13-14-39-29-26(32)16-23(30(35)37)27(28(29)33)22-15-19(7-12-25(22)31)24(18-5-3-2-4-6-18)17-36-21-10-8-20(34)9-11-21/h2-7,12,15-16,20-21,24,36H,8-11,13-14,17,34H2,1H3,(H2,35,37). The second kappa shape index (κ2) is 13.3. The lowest BCUT2D eigenvalue weighted by Crippen LogP contribution is -2.39. The van der Waals surface area contributed by atoms with Gasteiger partial charge in [0.1, 0.15) is 6.61 Å². The molecule has 1 aliphatic carbocycles. The molecule has 5 N–H and O–H groups in total. The van der Waals surface area contributed by atoms with Gasteiger partial charge in [-0.2, -0.15) is 0 Å². The summed E-state index contributed by atoms with van der Waals surface area (Å²) in [7, 11) is 1.45. The van der Waals surface area contributed by atoms with Crippen LogP contribution < -0.4 is 21.5 Å². The van der Waals surface area contributed by atoms with Crippen LogP contribution in [0.1, 0.15) is 53.1 Å². The van der Waals surface area contributed by atoms with Gasteiger partial charge in [-0.25, -0.2) is 8.78 Å². The molecule has 0 spiro atoms. The SMILES string of the molecule is COCCOc1c(F)cc(C(N)=O)c(-c2cc(C(CNC3CCC(N)CC3)c3ccccc3)ccc2Cl)c1F. The maximum atomic E-state index is 15.8. The molecule has 1 amide bonds. The average molecular weight is 558 g/mol. The van der Waals surface area contributed by atoms with Gasteiger partial charge in [-0.3, -0.25) is 4.79 Å². The van der Waals surface area contributed by atoms with E-state index < -0.39 is 23.3 Å². The van der Waals surface area contributed by atoms with Gasteiger partial charge in [0.25, 0.3) is 0 Å². The summed E-state index contributed by atoms with van der Waals surface area (Å²) in [6.07, 6.45) is 3.97. The second-order valence-corrected chi connectivity index (χ2v) is 10.3. The van der Waals surface area contributed by atoms with Crippen molar-refractivity contribution in [3.8, 4) is 16.9 Å². The molecule has 0 heterocycles. The summed E-state index contributed by atoms with van der Waals surface area (Å²) in [5.41, 5.74) is 13.2. The quantitative estimate of drug-likeness (QED) is 0.274. The highest BCUT2D eigenvalue weighted by Crippen LogP contribution is 2.40. The molecule has 0 radical (unpaired) electrons. The van der Waals surface area contributed by atoms with E-state index >= 15 is 4.39 Å². The first-order valence-corrected chi connectivity index (χ1v) is 13.4. The van der Waals surface area contributed by atoms with Gasteiger partial charge < -0.3 is 26.3 Å². The van der Waals surface area contributed by atoms with Crippen LogP contribution in [0.3, 0.4) is 0 Å².